The zero-order chi connectivity index (χ0) is 12.9. The summed E-state index contributed by atoms with van der Waals surface area (Å²) in [5.74, 6) is -4.73. The number of esters is 1. The number of aliphatic carboxylic acids is 2. The van der Waals surface area contributed by atoms with Gasteiger partial charge in [-0.15, -0.1) is 0 Å². The van der Waals surface area contributed by atoms with Crippen LogP contribution in [0.1, 0.15) is 6.92 Å². The van der Waals surface area contributed by atoms with Crippen molar-refractivity contribution in [3.8, 4) is 0 Å². The number of carbonyl (C=O) groups excluding carboxylic acids is 1. The van der Waals surface area contributed by atoms with Crippen LogP contribution in [0.5, 0.6) is 0 Å². The molecule has 0 aromatic rings. The van der Waals surface area contributed by atoms with Crippen molar-refractivity contribution in [2.45, 2.75) is 18.6 Å². The Kier molecular flexibility index (Phi) is 5.25. The van der Waals surface area contributed by atoms with E-state index in [0.29, 0.717) is 0 Å². The molecule has 2 unspecified atom stereocenters. The average molecular weight is 252 g/mol. The fourth-order valence-electron chi connectivity index (χ4n) is 0.638. The highest BCUT2D eigenvalue weighted by Crippen LogP contribution is 2.11. The molecule has 0 spiro atoms. The average Bonchev–Trinajstić information content (AvgIpc) is 2.16. The molecule has 0 saturated heterocycles. The first-order valence-electron chi connectivity index (χ1n) is 4.12. The zero-order valence-electron chi connectivity index (χ0n) is 8.67. The summed E-state index contributed by atoms with van der Waals surface area (Å²) in [5.41, 5.74) is -2.74. The van der Waals surface area contributed by atoms with Gasteiger partial charge in [-0.3, -0.25) is 0 Å². The monoisotopic (exact) mass is 252 g/mol. The third-order valence-electron chi connectivity index (χ3n) is 1.66. The Balaban J connectivity index is 4.64. The van der Waals surface area contributed by atoms with E-state index < -0.39 is 29.6 Å². The molecule has 0 radical (unpaired) electrons. The number of carbonyl (C=O) groups is 3. The molecule has 92 valence electrons. The highest BCUT2D eigenvalue weighted by Gasteiger charge is 2.42. The Morgan fingerprint density at radius 3 is 2.19 bits per heavy atom. The van der Waals surface area contributed by atoms with E-state index >= 15 is 0 Å². The Morgan fingerprint density at radius 2 is 1.88 bits per heavy atom. The lowest BCUT2D eigenvalue weighted by molar-refractivity contribution is -0.184. The number of carboxylic acids is 2. The first-order chi connectivity index (χ1) is 7.23. The Labute approximate surface area is 95.4 Å². The van der Waals surface area contributed by atoms with Crippen LogP contribution in [0, 0.1) is 0 Å². The van der Waals surface area contributed by atoms with Gasteiger partial charge in [0, 0.05) is 5.75 Å². The summed E-state index contributed by atoms with van der Waals surface area (Å²) in [4.78, 5) is 32.2. The van der Waals surface area contributed by atoms with Crippen molar-refractivity contribution in [1.29, 1.82) is 0 Å². The molecule has 2 atom stereocenters. The number of rotatable bonds is 6. The molecule has 0 saturated carbocycles. The van der Waals surface area contributed by atoms with Crippen molar-refractivity contribution in [1.82, 2.24) is 0 Å². The van der Waals surface area contributed by atoms with Crippen LogP contribution in [-0.4, -0.2) is 56.9 Å². The summed E-state index contributed by atoms with van der Waals surface area (Å²) in [6.45, 7) is 0.718. The van der Waals surface area contributed by atoms with Gasteiger partial charge in [-0.05, 0) is 13.2 Å². The predicted octanol–water partition coefficient (Wildman–Crippen LogP) is -0.819. The first kappa shape index (κ1) is 14.7. The molecular weight excluding hydrogens is 240 g/mol. The summed E-state index contributed by atoms with van der Waals surface area (Å²) in [7, 11) is 0. The number of ether oxygens (including phenoxy) is 1. The van der Waals surface area contributed by atoms with Gasteiger partial charge >= 0.3 is 17.9 Å². The second kappa shape index (κ2) is 5.71. The molecule has 0 aliphatic heterocycles. The standard InChI is InChI=1S/C8H12O7S/c1-8(14,6(11)12)7(13)15-4(3-16-2)5(9)10/h4,14H,3H2,1-2H3,(H,9,10)(H,11,12). The van der Waals surface area contributed by atoms with Gasteiger partial charge in [0.05, 0.1) is 0 Å². The maximum atomic E-state index is 11.2. The third kappa shape index (κ3) is 3.70. The van der Waals surface area contributed by atoms with Crippen LogP contribution < -0.4 is 0 Å². The van der Waals surface area contributed by atoms with Crippen molar-refractivity contribution in [3.05, 3.63) is 0 Å². The Morgan fingerprint density at radius 1 is 1.38 bits per heavy atom. The number of carboxylic acid groups (broad SMARTS) is 2. The maximum Gasteiger partial charge on any atom is 0.350 e. The quantitative estimate of drug-likeness (QED) is 0.414. The molecule has 0 aliphatic carbocycles. The molecule has 16 heavy (non-hydrogen) atoms. The predicted molar refractivity (Wildman–Crippen MR) is 54.2 cm³/mol. The van der Waals surface area contributed by atoms with Gasteiger partial charge in [0.25, 0.3) is 5.60 Å². The summed E-state index contributed by atoms with van der Waals surface area (Å²) >= 11 is 1.11. The second-order valence-corrected chi connectivity index (χ2v) is 3.98. The molecule has 0 rings (SSSR count). The lowest BCUT2D eigenvalue weighted by Gasteiger charge is -2.19. The van der Waals surface area contributed by atoms with E-state index in [1.54, 1.807) is 6.26 Å². The molecule has 0 aliphatic rings. The largest absolute Gasteiger partial charge is 0.479 e. The zero-order valence-corrected chi connectivity index (χ0v) is 9.48. The van der Waals surface area contributed by atoms with E-state index in [9.17, 15) is 19.5 Å². The normalized spacial score (nSPS) is 15.9. The van der Waals surface area contributed by atoms with Gasteiger partial charge in [0.2, 0.25) is 6.10 Å². The van der Waals surface area contributed by atoms with Crippen LogP contribution in [0.25, 0.3) is 0 Å². The number of thioether (sulfide) groups is 1. The minimum absolute atomic E-state index is 0.0310. The fraction of sp³-hybridized carbons (Fsp3) is 0.625. The minimum atomic E-state index is -2.74. The molecule has 0 aromatic carbocycles. The minimum Gasteiger partial charge on any atom is -0.479 e. The second-order valence-electron chi connectivity index (χ2n) is 3.06. The molecule has 0 bridgehead atoms. The van der Waals surface area contributed by atoms with Gasteiger partial charge in [-0.1, -0.05) is 0 Å². The van der Waals surface area contributed by atoms with E-state index in [0.717, 1.165) is 18.7 Å². The highest BCUT2D eigenvalue weighted by atomic mass is 32.2. The lowest BCUT2D eigenvalue weighted by Crippen LogP contribution is -2.47. The van der Waals surface area contributed by atoms with Crippen molar-refractivity contribution in [3.63, 3.8) is 0 Å². The maximum absolute atomic E-state index is 11.2. The Bertz CT molecular complexity index is 299. The lowest BCUT2D eigenvalue weighted by atomic mass is 10.1. The van der Waals surface area contributed by atoms with Gasteiger partial charge in [-0.2, -0.15) is 11.8 Å². The molecule has 7 nitrogen and oxygen atoms in total. The van der Waals surface area contributed by atoms with Crippen molar-refractivity contribution in [2.24, 2.45) is 0 Å². The Hall–Kier alpha value is -1.28. The topological polar surface area (TPSA) is 121 Å². The van der Waals surface area contributed by atoms with Crippen molar-refractivity contribution >= 4 is 29.7 Å². The number of hydrogen-bond acceptors (Lipinski definition) is 6. The van der Waals surface area contributed by atoms with Crippen LogP contribution in [0.4, 0.5) is 0 Å². The molecule has 3 N–H and O–H groups in total. The van der Waals surface area contributed by atoms with Gasteiger partial charge in [0.15, 0.2) is 0 Å². The van der Waals surface area contributed by atoms with Crippen molar-refractivity contribution in [2.75, 3.05) is 12.0 Å². The van der Waals surface area contributed by atoms with Crippen LogP contribution in [-0.2, 0) is 19.1 Å². The molecule has 0 amide bonds. The third-order valence-corrected chi connectivity index (χ3v) is 2.29. The van der Waals surface area contributed by atoms with Crippen LogP contribution in [0.3, 0.4) is 0 Å². The fourth-order valence-corrected chi connectivity index (χ4v) is 1.15. The van der Waals surface area contributed by atoms with E-state index in [2.05, 4.69) is 4.74 Å². The smallest absolute Gasteiger partial charge is 0.350 e. The molecule has 0 heterocycles. The van der Waals surface area contributed by atoms with E-state index in [1.807, 2.05) is 0 Å². The van der Waals surface area contributed by atoms with Gasteiger partial charge in [-0.25, -0.2) is 14.4 Å². The van der Waals surface area contributed by atoms with Crippen LogP contribution in [0.2, 0.25) is 0 Å². The summed E-state index contributed by atoms with van der Waals surface area (Å²) in [5, 5.41) is 26.3. The van der Waals surface area contributed by atoms with Gasteiger partial charge < -0.3 is 20.1 Å². The molecule has 0 fully saturated rings. The van der Waals surface area contributed by atoms with E-state index in [-0.39, 0.29) is 5.75 Å². The number of hydrogen-bond donors (Lipinski definition) is 3. The number of aliphatic hydroxyl groups is 1. The van der Waals surface area contributed by atoms with E-state index in [1.165, 1.54) is 0 Å². The SMILES string of the molecule is CSCC(OC(=O)C(C)(O)C(=O)O)C(=O)O. The summed E-state index contributed by atoms with van der Waals surface area (Å²) in [6.07, 6.45) is 0.118. The molecule has 8 heteroatoms. The first-order valence-corrected chi connectivity index (χ1v) is 5.51. The summed E-state index contributed by atoms with van der Waals surface area (Å²) < 4.78 is 4.39. The van der Waals surface area contributed by atoms with E-state index in [4.69, 9.17) is 10.2 Å². The molecule has 0 aromatic heterocycles. The van der Waals surface area contributed by atoms with Gasteiger partial charge in [0.1, 0.15) is 0 Å². The van der Waals surface area contributed by atoms with Crippen LogP contribution >= 0.6 is 11.8 Å². The summed E-state index contributed by atoms with van der Waals surface area (Å²) in [6, 6.07) is 0. The highest BCUT2D eigenvalue weighted by molar-refractivity contribution is 7.98. The van der Waals surface area contributed by atoms with Crippen molar-refractivity contribution < 1.29 is 34.4 Å². The van der Waals surface area contributed by atoms with Crippen LogP contribution in [0.15, 0.2) is 0 Å². The molecular formula is C8H12O7S.